The van der Waals surface area contributed by atoms with Crippen molar-refractivity contribution in [2.45, 2.75) is 19.5 Å². The molecule has 0 fully saturated rings. The van der Waals surface area contributed by atoms with E-state index in [0.29, 0.717) is 0 Å². The second kappa shape index (κ2) is 3.60. The SMILES string of the molecule is C[SiH](C)C1=CCc2cccc3cccc1c23. The molecule has 0 bridgehead atoms. The van der Waals surface area contributed by atoms with Gasteiger partial charge in [0, 0.05) is 0 Å². The Labute approximate surface area is 98.2 Å². The lowest BCUT2D eigenvalue weighted by Crippen LogP contribution is -2.09. The molecule has 2 aromatic rings. The summed E-state index contributed by atoms with van der Waals surface area (Å²) in [6, 6.07) is 13.4. The van der Waals surface area contributed by atoms with Crippen molar-refractivity contribution in [1.29, 1.82) is 0 Å². The first-order valence-corrected chi connectivity index (χ1v) is 8.87. The van der Waals surface area contributed by atoms with Crippen molar-refractivity contribution >= 4 is 24.8 Å². The van der Waals surface area contributed by atoms with Crippen LogP contribution in [0.5, 0.6) is 0 Å². The lowest BCUT2D eigenvalue weighted by atomic mass is 9.93. The molecular formula is C15H16Si. The Balaban J connectivity index is 2.37. The maximum absolute atomic E-state index is 2.45. The van der Waals surface area contributed by atoms with Crippen molar-refractivity contribution in [3.05, 3.63) is 53.6 Å². The first-order valence-electron chi connectivity index (χ1n) is 5.98. The second-order valence-electron chi connectivity index (χ2n) is 4.84. The van der Waals surface area contributed by atoms with Gasteiger partial charge in [0.2, 0.25) is 0 Å². The minimum absolute atomic E-state index is 0.714. The van der Waals surface area contributed by atoms with Gasteiger partial charge < -0.3 is 0 Å². The molecule has 0 heterocycles. The Morgan fingerprint density at radius 2 is 1.75 bits per heavy atom. The van der Waals surface area contributed by atoms with Gasteiger partial charge in [-0.15, -0.1) is 0 Å². The van der Waals surface area contributed by atoms with Crippen LogP contribution >= 0.6 is 0 Å². The Kier molecular flexibility index (Phi) is 2.22. The molecule has 3 rings (SSSR count). The summed E-state index contributed by atoms with van der Waals surface area (Å²) < 4.78 is 0. The maximum atomic E-state index is 2.45. The molecule has 0 N–H and O–H groups in total. The summed E-state index contributed by atoms with van der Waals surface area (Å²) in [5, 5.41) is 4.54. The molecule has 0 saturated carbocycles. The fraction of sp³-hybridized carbons (Fsp3) is 0.200. The van der Waals surface area contributed by atoms with E-state index in [0.717, 1.165) is 6.42 Å². The van der Waals surface area contributed by atoms with E-state index in [2.05, 4.69) is 55.6 Å². The Morgan fingerprint density at radius 1 is 1.00 bits per heavy atom. The van der Waals surface area contributed by atoms with Crippen molar-refractivity contribution in [3.63, 3.8) is 0 Å². The molecule has 0 saturated heterocycles. The van der Waals surface area contributed by atoms with Crippen molar-refractivity contribution in [1.82, 2.24) is 0 Å². The molecule has 80 valence electrons. The van der Waals surface area contributed by atoms with Gasteiger partial charge in [0.05, 0.1) is 8.80 Å². The van der Waals surface area contributed by atoms with Gasteiger partial charge in [-0.05, 0) is 28.3 Å². The lowest BCUT2D eigenvalue weighted by molar-refractivity contribution is 1.29. The highest BCUT2D eigenvalue weighted by molar-refractivity contribution is 6.77. The van der Waals surface area contributed by atoms with Gasteiger partial charge in [-0.3, -0.25) is 0 Å². The monoisotopic (exact) mass is 224 g/mol. The zero-order valence-corrected chi connectivity index (χ0v) is 11.0. The molecule has 0 atom stereocenters. The minimum Gasteiger partial charge on any atom is -0.0806 e. The van der Waals surface area contributed by atoms with Gasteiger partial charge in [-0.2, -0.15) is 0 Å². The molecule has 1 heteroatoms. The van der Waals surface area contributed by atoms with Crippen LogP contribution in [-0.2, 0) is 6.42 Å². The zero-order valence-electron chi connectivity index (χ0n) is 9.83. The van der Waals surface area contributed by atoms with Gasteiger partial charge in [-0.25, -0.2) is 0 Å². The fourth-order valence-corrected chi connectivity index (χ4v) is 4.16. The third kappa shape index (κ3) is 1.35. The molecule has 1 aliphatic rings. The summed E-state index contributed by atoms with van der Waals surface area (Å²) in [7, 11) is -0.714. The van der Waals surface area contributed by atoms with Crippen molar-refractivity contribution in [2.24, 2.45) is 0 Å². The van der Waals surface area contributed by atoms with E-state index in [4.69, 9.17) is 0 Å². The molecule has 2 aromatic carbocycles. The summed E-state index contributed by atoms with van der Waals surface area (Å²) >= 11 is 0. The molecule has 0 unspecified atom stereocenters. The summed E-state index contributed by atoms with van der Waals surface area (Å²) in [5.41, 5.74) is 2.99. The van der Waals surface area contributed by atoms with E-state index >= 15 is 0 Å². The average Bonchev–Trinajstić information content (AvgIpc) is 2.30. The minimum atomic E-state index is -0.714. The third-order valence-corrected chi connectivity index (χ3v) is 5.26. The molecule has 0 aliphatic heterocycles. The third-order valence-electron chi connectivity index (χ3n) is 3.47. The van der Waals surface area contributed by atoms with E-state index in [-0.39, 0.29) is 0 Å². The zero-order chi connectivity index (χ0) is 11.1. The van der Waals surface area contributed by atoms with Crippen molar-refractivity contribution in [2.75, 3.05) is 0 Å². The number of benzene rings is 2. The Morgan fingerprint density at radius 3 is 2.50 bits per heavy atom. The van der Waals surface area contributed by atoms with E-state index in [1.165, 1.54) is 21.9 Å². The van der Waals surface area contributed by atoms with E-state index < -0.39 is 8.80 Å². The van der Waals surface area contributed by atoms with Crippen molar-refractivity contribution in [3.8, 4) is 0 Å². The number of allylic oxidation sites excluding steroid dienone is 1. The van der Waals surface area contributed by atoms with Crippen molar-refractivity contribution < 1.29 is 0 Å². The molecule has 0 amide bonds. The van der Waals surface area contributed by atoms with Crippen LogP contribution < -0.4 is 0 Å². The van der Waals surface area contributed by atoms with Crippen LogP contribution in [0.3, 0.4) is 0 Å². The summed E-state index contributed by atoms with van der Waals surface area (Å²) in [4.78, 5) is 0. The van der Waals surface area contributed by atoms with E-state index in [9.17, 15) is 0 Å². The van der Waals surface area contributed by atoms with Crippen LogP contribution in [0.25, 0.3) is 16.0 Å². The van der Waals surface area contributed by atoms with Crippen LogP contribution in [0.4, 0.5) is 0 Å². The predicted molar refractivity (Wildman–Crippen MR) is 74.5 cm³/mol. The molecule has 0 nitrogen and oxygen atoms in total. The van der Waals surface area contributed by atoms with Gasteiger partial charge >= 0.3 is 0 Å². The second-order valence-corrected chi connectivity index (χ2v) is 7.77. The lowest BCUT2D eigenvalue weighted by Gasteiger charge is -2.20. The van der Waals surface area contributed by atoms with E-state index in [1.54, 1.807) is 5.20 Å². The quantitative estimate of drug-likeness (QED) is 0.646. The first kappa shape index (κ1) is 9.85. The highest BCUT2D eigenvalue weighted by atomic mass is 28.3. The molecule has 16 heavy (non-hydrogen) atoms. The summed E-state index contributed by atoms with van der Waals surface area (Å²) in [5.74, 6) is 0. The van der Waals surface area contributed by atoms with Crippen LogP contribution in [0.1, 0.15) is 11.1 Å². The van der Waals surface area contributed by atoms with Gasteiger partial charge in [-0.1, -0.05) is 60.8 Å². The fourth-order valence-electron chi connectivity index (χ4n) is 2.71. The van der Waals surface area contributed by atoms with Gasteiger partial charge in [0.1, 0.15) is 0 Å². The Hall–Kier alpha value is -1.34. The largest absolute Gasteiger partial charge is 0.0806 e. The highest BCUT2D eigenvalue weighted by Crippen LogP contribution is 2.33. The van der Waals surface area contributed by atoms with E-state index in [1.807, 2.05) is 0 Å². The molecule has 0 aromatic heterocycles. The molecule has 0 spiro atoms. The molecule has 1 aliphatic carbocycles. The number of hydrogen-bond donors (Lipinski definition) is 0. The van der Waals surface area contributed by atoms with Crippen LogP contribution in [0, 0.1) is 0 Å². The van der Waals surface area contributed by atoms with Crippen LogP contribution in [0.15, 0.2) is 42.5 Å². The smallest absolute Gasteiger partial charge is 0.0651 e. The summed E-state index contributed by atoms with van der Waals surface area (Å²) in [6.45, 7) is 4.83. The average molecular weight is 224 g/mol. The van der Waals surface area contributed by atoms with Gasteiger partial charge in [0.25, 0.3) is 0 Å². The van der Waals surface area contributed by atoms with Gasteiger partial charge in [0.15, 0.2) is 0 Å². The topological polar surface area (TPSA) is 0 Å². The normalized spacial score (nSPS) is 14.3. The molecular weight excluding hydrogens is 208 g/mol. The highest BCUT2D eigenvalue weighted by Gasteiger charge is 2.16. The Bertz CT molecular complexity index is 574. The number of hydrogen-bond acceptors (Lipinski definition) is 0. The standard InChI is InChI=1S/C15H16Si/c1-16(2)14-10-9-12-6-3-5-11-7-4-8-13(14)15(11)12/h3-8,10,16H,9H2,1-2H3. The van der Waals surface area contributed by atoms with Crippen LogP contribution in [0.2, 0.25) is 13.1 Å². The number of rotatable bonds is 1. The summed E-state index contributed by atoms with van der Waals surface area (Å²) in [6.07, 6.45) is 3.57. The first-order chi connectivity index (χ1) is 7.77. The van der Waals surface area contributed by atoms with Crippen LogP contribution in [-0.4, -0.2) is 8.80 Å². The molecule has 0 radical (unpaired) electrons. The maximum Gasteiger partial charge on any atom is 0.0651 e. The predicted octanol–water partition coefficient (Wildman–Crippen LogP) is 3.81.